The summed E-state index contributed by atoms with van der Waals surface area (Å²) in [4.78, 5) is 17.3. The molecule has 1 N–H and O–H groups in total. The van der Waals surface area contributed by atoms with Gasteiger partial charge in [-0.1, -0.05) is 12.1 Å². The van der Waals surface area contributed by atoms with Crippen molar-refractivity contribution in [3.05, 3.63) is 69.6 Å². The standard InChI is InChI=1S/C21H19F2N5O2S/c1-12(19-24-20(26-25-19)16-8-9-17(31-16)21(2,22)23)28-18(29)10-7-15(27-28)13-5-4-6-14(11-13)30-3/h4-12H,1-3H3,(H,24,25,26). The van der Waals surface area contributed by atoms with Crippen molar-refractivity contribution < 1.29 is 13.5 Å². The first-order chi connectivity index (χ1) is 14.8. The second-order valence-corrected chi connectivity index (χ2v) is 8.09. The van der Waals surface area contributed by atoms with E-state index in [2.05, 4.69) is 20.3 Å². The van der Waals surface area contributed by atoms with Crippen LogP contribution in [0, 0.1) is 0 Å². The molecule has 0 aliphatic heterocycles. The number of halogens is 2. The second-order valence-electron chi connectivity index (χ2n) is 7.01. The summed E-state index contributed by atoms with van der Waals surface area (Å²) in [5, 5.41) is 11.4. The van der Waals surface area contributed by atoms with Gasteiger partial charge in [-0.15, -0.1) is 11.3 Å². The molecule has 1 atom stereocenters. The lowest BCUT2D eigenvalue weighted by molar-refractivity contribution is 0.0215. The van der Waals surface area contributed by atoms with E-state index in [0.29, 0.717) is 28.0 Å². The van der Waals surface area contributed by atoms with E-state index in [1.165, 1.54) is 16.8 Å². The van der Waals surface area contributed by atoms with Crippen LogP contribution in [0.3, 0.4) is 0 Å². The monoisotopic (exact) mass is 443 g/mol. The van der Waals surface area contributed by atoms with Crippen molar-refractivity contribution in [2.24, 2.45) is 0 Å². The number of benzene rings is 1. The van der Waals surface area contributed by atoms with Crippen molar-refractivity contribution in [1.82, 2.24) is 25.0 Å². The number of ether oxygens (including phenoxy) is 1. The normalized spacial score (nSPS) is 12.7. The maximum Gasteiger partial charge on any atom is 0.279 e. The quantitative estimate of drug-likeness (QED) is 0.475. The number of aromatic nitrogens is 5. The molecule has 160 valence electrons. The van der Waals surface area contributed by atoms with Crippen molar-refractivity contribution in [2.75, 3.05) is 7.11 Å². The molecule has 0 saturated heterocycles. The molecule has 31 heavy (non-hydrogen) atoms. The molecule has 0 spiro atoms. The fourth-order valence-corrected chi connectivity index (χ4v) is 3.89. The van der Waals surface area contributed by atoms with Gasteiger partial charge in [0.1, 0.15) is 17.6 Å². The van der Waals surface area contributed by atoms with Crippen LogP contribution >= 0.6 is 11.3 Å². The van der Waals surface area contributed by atoms with Gasteiger partial charge in [-0.25, -0.2) is 18.4 Å². The van der Waals surface area contributed by atoms with Gasteiger partial charge in [0, 0.05) is 18.6 Å². The zero-order chi connectivity index (χ0) is 22.2. The molecule has 1 aromatic carbocycles. The third-order valence-corrected chi connectivity index (χ3v) is 5.97. The van der Waals surface area contributed by atoms with E-state index in [-0.39, 0.29) is 10.4 Å². The third kappa shape index (κ3) is 4.24. The van der Waals surface area contributed by atoms with E-state index in [4.69, 9.17) is 4.74 Å². The number of thiophene rings is 1. The number of methoxy groups -OCH3 is 1. The zero-order valence-electron chi connectivity index (χ0n) is 17.0. The summed E-state index contributed by atoms with van der Waals surface area (Å²) in [5.74, 6) is -1.56. The minimum Gasteiger partial charge on any atom is -0.497 e. The maximum absolute atomic E-state index is 13.5. The smallest absolute Gasteiger partial charge is 0.279 e. The lowest BCUT2D eigenvalue weighted by Gasteiger charge is -2.12. The molecular formula is C21H19F2N5O2S. The van der Waals surface area contributed by atoms with Crippen LogP contribution in [0.15, 0.2) is 53.3 Å². The van der Waals surface area contributed by atoms with Crippen molar-refractivity contribution in [2.45, 2.75) is 25.8 Å². The molecule has 1 unspecified atom stereocenters. The van der Waals surface area contributed by atoms with Crippen LogP contribution in [-0.2, 0) is 5.92 Å². The van der Waals surface area contributed by atoms with Crippen molar-refractivity contribution in [1.29, 1.82) is 0 Å². The fraction of sp³-hybridized carbons (Fsp3) is 0.238. The molecule has 4 rings (SSSR count). The van der Waals surface area contributed by atoms with Crippen LogP contribution in [0.1, 0.15) is 30.6 Å². The van der Waals surface area contributed by atoms with Crippen LogP contribution < -0.4 is 10.3 Å². The Kier molecular flexibility index (Phi) is 5.40. The van der Waals surface area contributed by atoms with Crippen molar-refractivity contribution in [3.63, 3.8) is 0 Å². The highest BCUT2D eigenvalue weighted by molar-refractivity contribution is 7.15. The molecule has 10 heteroatoms. The fourth-order valence-electron chi connectivity index (χ4n) is 3.02. The number of nitrogens with one attached hydrogen (secondary N) is 1. The predicted molar refractivity (Wildman–Crippen MR) is 114 cm³/mol. The molecule has 0 saturated carbocycles. The highest BCUT2D eigenvalue weighted by Crippen LogP contribution is 2.36. The van der Waals surface area contributed by atoms with Gasteiger partial charge in [-0.2, -0.15) is 10.2 Å². The SMILES string of the molecule is COc1cccc(-c2ccc(=O)n(C(C)c3nc(-c4ccc(C(C)(F)F)s4)n[nH]3)n2)c1. The zero-order valence-corrected chi connectivity index (χ0v) is 17.8. The Morgan fingerprint density at radius 2 is 2.00 bits per heavy atom. The summed E-state index contributed by atoms with van der Waals surface area (Å²) < 4.78 is 33.6. The van der Waals surface area contributed by atoms with Crippen molar-refractivity contribution >= 4 is 11.3 Å². The second kappa shape index (κ2) is 8.03. The van der Waals surface area contributed by atoms with Gasteiger partial charge >= 0.3 is 0 Å². The van der Waals surface area contributed by atoms with E-state index in [9.17, 15) is 13.6 Å². The van der Waals surface area contributed by atoms with E-state index < -0.39 is 12.0 Å². The van der Waals surface area contributed by atoms with Gasteiger partial charge < -0.3 is 4.74 Å². The molecule has 0 radical (unpaired) electrons. The lowest BCUT2D eigenvalue weighted by Crippen LogP contribution is -2.26. The topological polar surface area (TPSA) is 85.7 Å². The molecule has 0 aliphatic carbocycles. The number of H-pyrrole nitrogens is 1. The number of aromatic amines is 1. The molecule has 0 amide bonds. The van der Waals surface area contributed by atoms with Gasteiger partial charge in [0.2, 0.25) is 0 Å². The molecule has 3 aromatic heterocycles. The van der Waals surface area contributed by atoms with E-state index in [1.54, 1.807) is 26.2 Å². The number of hydrogen-bond acceptors (Lipinski definition) is 6. The molecule has 7 nitrogen and oxygen atoms in total. The molecule has 0 fully saturated rings. The van der Waals surface area contributed by atoms with Crippen LogP contribution in [0.2, 0.25) is 0 Å². The number of alkyl halides is 2. The number of hydrogen-bond donors (Lipinski definition) is 1. The van der Waals surface area contributed by atoms with Gasteiger partial charge in [0.25, 0.3) is 11.5 Å². The molecule has 0 bridgehead atoms. The summed E-state index contributed by atoms with van der Waals surface area (Å²) in [6.07, 6.45) is 0. The lowest BCUT2D eigenvalue weighted by atomic mass is 10.1. The molecule has 3 heterocycles. The summed E-state index contributed by atoms with van der Waals surface area (Å²) in [6, 6.07) is 12.8. The van der Waals surface area contributed by atoms with E-state index in [1.807, 2.05) is 24.3 Å². The highest BCUT2D eigenvalue weighted by Gasteiger charge is 2.27. The maximum atomic E-state index is 13.5. The summed E-state index contributed by atoms with van der Waals surface area (Å²) in [6.45, 7) is 2.61. The number of rotatable bonds is 6. The first kappa shape index (κ1) is 20.9. The Balaban J connectivity index is 1.65. The average Bonchev–Trinajstić information content (AvgIpc) is 3.43. The molecule has 0 aliphatic rings. The Hall–Kier alpha value is -3.40. The summed E-state index contributed by atoms with van der Waals surface area (Å²) in [7, 11) is 1.58. The van der Waals surface area contributed by atoms with E-state index in [0.717, 1.165) is 23.8 Å². The van der Waals surface area contributed by atoms with Crippen molar-refractivity contribution in [3.8, 4) is 27.7 Å². The Morgan fingerprint density at radius 1 is 1.19 bits per heavy atom. The first-order valence-corrected chi connectivity index (χ1v) is 10.2. The first-order valence-electron chi connectivity index (χ1n) is 9.41. The largest absolute Gasteiger partial charge is 0.497 e. The highest BCUT2D eigenvalue weighted by atomic mass is 32.1. The van der Waals surface area contributed by atoms with Crippen LogP contribution in [0.25, 0.3) is 22.0 Å². The third-order valence-electron chi connectivity index (χ3n) is 4.71. The van der Waals surface area contributed by atoms with Gasteiger partial charge in [-0.05, 0) is 37.3 Å². The summed E-state index contributed by atoms with van der Waals surface area (Å²) in [5.41, 5.74) is 1.09. The minimum absolute atomic E-state index is 0.0641. The van der Waals surface area contributed by atoms with Crippen LogP contribution in [0.4, 0.5) is 8.78 Å². The predicted octanol–water partition coefficient (Wildman–Crippen LogP) is 4.49. The van der Waals surface area contributed by atoms with E-state index >= 15 is 0 Å². The Morgan fingerprint density at radius 3 is 2.71 bits per heavy atom. The van der Waals surface area contributed by atoms with Crippen LogP contribution in [0.5, 0.6) is 5.75 Å². The van der Waals surface area contributed by atoms with Gasteiger partial charge in [0.05, 0.1) is 22.6 Å². The Labute approximate surface area is 180 Å². The van der Waals surface area contributed by atoms with Gasteiger partial charge in [0.15, 0.2) is 5.82 Å². The molecular weight excluding hydrogens is 424 g/mol. The average molecular weight is 443 g/mol. The van der Waals surface area contributed by atoms with Crippen LogP contribution in [-0.4, -0.2) is 32.1 Å². The minimum atomic E-state index is -2.92. The Bertz CT molecular complexity index is 1280. The number of nitrogens with zero attached hydrogens (tertiary/aromatic N) is 4. The summed E-state index contributed by atoms with van der Waals surface area (Å²) >= 11 is 0.929. The van der Waals surface area contributed by atoms with Gasteiger partial charge in [-0.3, -0.25) is 9.89 Å². The molecule has 4 aromatic rings.